The number of hydrogen-bond donors (Lipinski definition) is 3. The molecule has 0 fully saturated rings. The van der Waals surface area contributed by atoms with Crippen LogP contribution in [0.5, 0.6) is 0 Å². The normalized spacial score (nSPS) is 12.6. The van der Waals surface area contributed by atoms with Crippen LogP contribution in [0.2, 0.25) is 5.02 Å². The number of nitrogens with two attached hydrogens (primary N) is 1. The van der Waals surface area contributed by atoms with Gasteiger partial charge in [-0.3, -0.25) is 4.79 Å². The lowest BCUT2D eigenvalue weighted by atomic mass is 10.1. The Morgan fingerprint density at radius 1 is 1.20 bits per heavy atom. The second-order valence-electron chi connectivity index (χ2n) is 7.52. The molecular formula is C22H17ClF4N6O2. The smallest absolute Gasteiger partial charge is 0.388 e. The molecule has 0 aliphatic heterocycles. The average molecular weight is 509 g/mol. The van der Waals surface area contributed by atoms with Crippen LogP contribution in [0.25, 0.3) is 16.8 Å². The van der Waals surface area contributed by atoms with Gasteiger partial charge < -0.3 is 16.2 Å². The Balaban J connectivity index is 1.58. The van der Waals surface area contributed by atoms with Crippen molar-refractivity contribution in [1.29, 1.82) is 0 Å². The maximum atomic E-state index is 14.3. The van der Waals surface area contributed by atoms with Gasteiger partial charge in [0.1, 0.15) is 11.8 Å². The van der Waals surface area contributed by atoms with Crippen LogP contribution < -0.4 is 11.1 Å². The highest BCUT2D eigenvalue weighted by atomic mass is 35.5. The predicted octanol–water partition coefficient (Wildman–Crippen LogP) is 4.04. The molecule has 0 saturated heterocycles. The number of nitrogen functional groups attached to an aromatic ring is 1. The number of aliphatic hydroxyl groups excluding tert-OH is 1. The van der Waals surface area contributed by atoms with E-state index in [-0.39, 0.29) is 24.2 Å². The number of carbonyl (C=O) groups excluding carboxylic acids is 1. The minimum absolute atomic E-state index is 0.00125. The van der Waals surface area contributed by atoms with E-state index in [1.54, 1.807) is 24.3 Å². The molecule has 182 valence electrons. The van der Waals surface area contributed by atoms with Gasteiger partial charge in [0.2, 0.25) is 5.95 Å². The van der Waals surface area contributed by atoms with E-state index in [1.807, 2.05) is 0 Å². The van der Waals surface area contributed by atoms with Crippen molar-refractivity contribution >= 4 is 28.8 Å². The second kappa shape index (κ2) is 9.47. The number of benzene rings is 1. The highest BCUT2D eigenvalue weighted by molar-refractivity contribution is 6.30. The van der Waals surface area contributed by atoms with Crippen molar-refractivity contribution in [2.45, 2.75) is 18.7 Å². The van der Waals surface area contributed by atoms with E-state index in [9.17, 15) is 27.5 Å². The van der Waals surface area contributed by atoms with Gasteiger partial charge in [0, 0.05) is 23.3 Å². The summed E-state index contributed by atoms with van der Waals surface area (Å²) in [5.41, 5.74) is 4.06. The quantitative estimate of drug-likeness (QED) is 0.267. The number of pyridine rings is 1. The highest BCUT2D eigenvalue weighted by Crippen LogP contribution is 2.38. The van der Waals surface area contributed by atoms with Gasteiger partial charge in [-0.25, -0.2) is 14.5 Å². The average Bonchev–Trinajstić information content (AvgIpc) is 3.21. The number of amides is 1. The summed E-state index contributed by atoms with van der Waals surface area (Å²) < 4.78 is 55.9. The fourth-order valence-corrected chi connectivity index (χ4v) is 3.63. The number of fused-ring (bicyclic) bond motifs is 1. The van der Waals surface area contributed by atoms with E-state index in [4.69, 9.17) is 17.3 Å². The van der Waals surface area contributed by atoms with Crippen molar-refractivity contribution in [3.8, 4) is 11.3 Å². The third kappa shape index (κ3) is 5.03. The Morgan fingerprint density at radius 2 is 1.91 bits per heavy atom. The van der Waals surface area contributed by atoms with Crippen LogP contribution in [0.3, 0.4) is 0 Å². The molecule has 0 aliphatic carbocycles. The Labute approximate surface area is 200 Å². The lowest BCUT2D eigenvalue weighted by Crippen LogP contribution is -2.27. The summed E-state index contributed by atoms with van der Waals surface area (Å²) in [5, 5.41) is 17.0. The van der Waals surface area contributed by atoms with Crippen molar-refractivity contribution in [2.75, 3.05) is 12.3 Å². The molecule has 8 nitrogen and oxygen atoms in total. The molecule has 4 rings (SSSR count). The number of nitrogens with zero attached hydrogens (tertiary/aromatic N) is 4. The first-order chi connectivity index (χ1) is 16.6. The summed E-state index contributed by atoms with van der Waals surface area (Å²) >= 11 is 5.81. The van der Waals surface area contributed by atoms with Crippen molar-refractivity contribution < 1.29 is 27.5 Å². The van der Waals surface area contributed by atoms with E-state index in [2.05, 4.69) is 20.4 Å². The number of nitrogens with one attached hydrogen (secondary N) is 1. The third-order valence-corrected chi connectivity index (χ3v) is 5.48. The Hall–Kier alpha value is -3.77. The third-order valence-electron chi connectivity index (χ3n) is 5.23. The number of anilines is 1. The van der Waals surface area contributed by atoms with E-state index in [1.165, 1.54) is 0 Å². The molecule has 4 N–H and O–H groups in total. The zero-order chi connectivity index (χ0) is 25.3. The maximum absolute atomic E-state index is 14.3. The zero-order valence-corrected chi connectivity index (χ0v) is 18.5. The van der Waals surface area contributed by atoms with Crippen molar-refractivity contribution in [2.24, 2.45) is 0 Å². The molecule has 1 unspecified atom stereocenters. The molecule has 0 bridgehead atoms. The molecule has 35 heavy (non-hydrogen) atoms. The number of carbonyl (C=O) groups is 1. The van der Waals surface area contributed by atoms with Gasteiger partial charge in [-0.2, -0.15) is 22.7 Å². The van der Waals surface area contributed by atoms with Gasteiger partial charge in [-0.1, -0.05) is 23.7 Å². The van der Waals surface area contributed by atoms with Crippen LogP contribution in [0, 0.1) is 5.95 Å². The molecule has 0 saturated carbocycles. The second-order valence-corrected chi connectivity index (χ2v) is 7.96. The van der Waals surface area contributed by atoms with E-state index >= 15 is 0 Å². The highest BCUT2D eigenvalue weighted by Gasteiger charge is 2.36. The van der Waals surface area contributed by atoms with Crippen LogP contribution in [0.4, 0.5) is 23.4 Å². The molecule has 3 heterocycles. The first kappa shape index (κ1) is 24.4. The van der Waals surface area contributed by atoms with Gasteiger partial charge in [0.05, 0.1) is 22.9 Å². The van der Waals surface area contributed by atoms with Crippen LogP contribution >= 0.6 is 11.6 Å². The molecule has 1 aromatic carbocycles. The molecule has 3 aromatic heterocycles. The summed E-state index contributed by atoms with van der Waals surface area (Å²) in [6, 6.07) is 8.33. The minimum atomic E-state index is -4.76. The van der Waals surface area contributed by atoms with Gasteiger partial charge >= 0.3 is 6.18 Å². The molecule has 1 atom stereocenters. The topological polar surface area (TPSA) is 118 Å². The molecule has 13 heteroatoms. The van der Waals surface area contributed by atoms with Crippen LogP contribution in [-0.2, 0) is 6.18 Å². The molecule has 4 aromatic rings. The number of hydrogen-bond acceptors (Lipinski definition) is 6. The van der Waals surface area contributed by atoms with E-state index in [0.717, 1.165) is 29.2 Å². The van der Waals surface area contributed by atoms with Crippen LogP contribution in [-0.4, -0.2) is 37.1 Å². The fraction of sp³-hybridized carbons (Fsp3) is 0.182. The Morgan fingerprint density at radius 3 is 2.60 bits per heavy atom. The van der Waals surface area contributed by atoms with E-state index < -0.39 is 46.6 Å². The fourth-order valence-electron chi connectivity index (χ4n) is 3.51. The summed E-state index contributed by atoms with van der Waals surface area (Å²) in [4.78, 5) is 19.7. The summed E-state index contributed by atoms with van der Waals surface area (Å²) in [7, 11) is 0. The molecular weight excluding hydrogens is 492 g/mol. The minimum Gasteiger partial charge on any atom is -0.388 e. The first-order valence-corrected chi connectivity index (χ1v) is 10.5. The molecule has 0 aliphatic rings. The SMILES string of the molecule is Nc1ncnn2c(-c3cnc(F)c(C(=O)NCCC(O)c4ccc(Cl)cc4)c3)cc(C(F)(F)F)c12. The summed E-state index contributed by atoms with van der Waals surface area (Å²) in [5.74, 6) is -2.37. The monoisotopic (exact) mass is 508 g/mol. The summed E-state index contributed by atoms with van der Waals surface area (Å²) in [6.07, 6.45) is -3.59. The summed E-state index contributed by atoms with van der Waals surface area (Å²) in [6.45, 7) is -0.0116. The lowest BCUT2D eigenvalue weighted by molar-refractivity contribution is -0.136. The molecule has 1 amide bonds. The Kier molecular flexibility index (Phi) is 6.59. The number of aliphatic hydroxyl groups is 1. The first-order valence-electron chi connectivity index (χ1n) is 10.1. The van der Waals surface area contributed by atoms with Gasteiger partial charge in [-0.15, -0.1) is 0 Å². The number of rotatable bonds is 6. The lowest BCUT2D eigenvalue weighted by Gasteiger charge is -2.12. The van der Waals surface area contributed by atoms with Crippen LogP contribution in [0.1, 0.15) is 34.0 Å². The molecule has 0 radical (unpaired) electrons. The largest absolute Gasteiger partial charge is 0.418 e. The van der Waals surface area contributed by atoms with Gasteiger partial charge in [0.15, 0.2) is 5.82 Å². The Bertz CT molecular complexity index is 1390. The van der Waals surface area contributed by atoms with Crippen molar-refractivity contribution in [3.63, 3.8) is 0 Å². The molecule has 0 spiro atoms. The maximum Gasteiger partial charge on any atom is 0.418 e. The number of aromatic nitrogens is 4. The zero-order valence-electron chi connectivity index (χ0n) is 17.7. The standard InChI is InChI=1S/C22H17ClF4N6O2/c23-13-3-1-11(2-4-13)17(34)5-6-29-21(35)14-7-12(9-30-19(14)24)16-8-15(22(25,26)27)18-20(28)31-10-32-33(16)18/h1-4,7-10,17,34H,5-6H2,(H,29,35)(H2,28,31,32). The van der Waals surface area contributed by atoms with Crippen molar-refractivity contribution in [1.82, 2.24) is 24.9 Å². The van der Waals surface area contributed by atoms with Gasteiger partial charge in [0.25, 0.3) is 5.91 Å². The number of alkyl halides is 3. The van der Waals surface area contributed by atoms with Crippen molar-refractivity contribution in [3.05, 3.63) is 76.6 Å². The van der Waals surface area contributed by atoms with Gasteiger partial charge in [-0.05, 0) is 36.2 Å². The van der Waals surface area contributed by atoms with Crippen LogP contribution in [0.15, 0.2) is 48.9 Å². The predicted molar refractivity (Wildman–Crippen MR) is 119 cm³/mol. The number of halogens is 5. The van der Waals surface area contributed by atoms with E-state index in [0.29, 0.717) is 10.6 Å².